The molecule has 0 aliphatic rings. The molecule has 0 saturated carbocycles. The van der Waals surface area contributed by atoms with E-state index in [9.17, 15) is 21.6 Å². The molecule has 0 aromatic heterocycles. The van der Waals surface area contributed by atoms with E-state index < -0.39 is 21.8 Å². The Balaban J connectivity index is 2.42. The van der Waals surface area contributed by atoms with E-state index in [1.807, 2.05) is 6.92 Å². The molecular formula is C17H27F3N4O2S. The van der Waals surface area contributed by atoms with Crippen LogP contribution in [0.15, 0.2) is 29.3 Å². The van der Waals surface area contributed by atoms with E-state index in [-0.39, 0.29) is 18.2 Å². The molecule has 1 atom stereocenters. The van der Waals surface area contributed by atoms with Crippen LogP contribution in [0.25, 0.3) is 0 Å². The highest BCUT2D eigenvalue weighted by Crippen LogP contribution is 2.31. The summed E-state index contributed by atoms with van der Waals surface area (Å²) < 4.78 is 63.5. The molecule has 0 amide bonds. The molecule has 1 aromatic rings. The third-order valence-electron chi connectivity index (χ3n) is 4.00. The molecule has 1 aromatic carbocycles. The van der Waals surface area contributed by atoms with Crippen LogP contribution >= 0.6 is 0 Å². The molecule has 0 aliphatic heterocycles. The summed E-state index contributed by atoms with van der Waals surface area (Å²) in [6.45, 7) is 4.53. The number of benzene rings is 1. The number of alkyl halides is 3. The maximum absolute atomic E-state index is 12.8. The number of hydrogen-bond acceptors (Lipinski definition) is 3. The van der Waals surface area contributed by atoms with Crippen LogP contribution in [0.4, 0.5) is 13.2 Å². The summed E-state index contributed by atoms with van der Waals surface area (Å²) in [4.78, 5) is 4.03. The molecule has 0 fully saturated rings. The highest BCUT2D eigenvalue weighted by molar-refractivity contribution is 7.89. The van der Waals surface area contributed by atoms with Gasteiger partial charge in [0.05, 0.1) is 11.3 Å². The second-order valence-corrected chi connectivity index (χ2v) is 8.13. The minimum absolute atomic E-state index is 0.0212. The maximum Gasteiger partial charge on any atom is 0.416 e. The Labute approximate surface area is 158 Å². The van der Waals surface area contributed by atoms with Gasteiger partial charge in [-0.3, -0.25) is 4.99 Å². The van der Waals surface area contributed by atoms with Gasteiger partial charge in [-0.2, -0.15) is 13.2 Å². The second kappa shape index (κ2) is 10.5. The van der Waals surface area contributed by atoms with E-state index in [4.69, 9.17) is 0 Å². The lowest BCUT2D eigenvalue weighted by Crippen LogP contribution is -2.42. The number of sulfonamides is 1. The molecule has 0 bridgehead atoms. The van der Waals surface area contributed by atoms with Crippen molar-refractivity contribution in [2.75, 3.05) is 32.4 Å². The molecule has 3 N–H and O–H groups in total. The standard InChI is InChI=1S/C17H27F3N4O2S/c1-4-27(25,26)24-11-10-23-16(21-3)22-9-8-13(2)14-6-5-7-15(12-14)17(18,19)20/h5-7,12-13,24H,4,8-11H2,1-3H3,(H2,21,22,23). The van der Waals surface area contributed by atoms with Gasteiger partial charge in [-0.15, -0.1) is 0 Å². The van der Waals surface area contributed by atoms with Crippen LogP contribution in [0, 0.1) is 0 Å². The summed E-state index contributed by atoms with van der Waals surface area (Å²) in [5.74, 6) is 0.462. The number of hydrogen-bond donors (Lipinski definition) is 3. The monoisotopic (exact) mass is 408 g/mol. The first-order chi connectivity index (χ1) is 12.6. The largest absolute Gasteiger partial charge is 0.416 e. The van der Waals surface area contributed by atoms with Crippen LogP contribution in [-0.2, 0) is 16.2 Å². The van der Waals surface area contributed by atoms with Gasteiger partial charge >= 0.3 is 6.18 Å². The van der Waals surface area contributed by atoms with Gasteiger partial charge in [0, 0.05) is 26.7 Å². The van der Waals surface area contributed by atoms with Crippen LogP contribution in [0.5, 0.6) is 0 Å². The van der Waals surface area contributed by atoms with Crippen molar-refractivity contribution in [2.24, 2.45) is 4.99 Å². The maximum atomic E-state index is 12.8. The van der Waals surface area contributed by atoms with Gasteiger partial charge in [-0.25, -0.2) is 13.1 Å². The summed E-state index contributed by atoms with van der Waals surface area (Å²) in [7, 11) is -1.64. The zero-order chi connectivity index (χ0) is 20.5. The van der Waals surface area contributed by atoms with Gasteiger partial charge in [-0.1, -0.05) is 25.1 Å². The van der Waals surface area contributed by atoms with Gasteiger partial charge in [0.15, 0.2) is 5.96 Å². The summed E-state index contributed by atoms with van der Waals surface area (Å²) in [5.41, 5.74) is -0.0182. The van der Waals surface area contributed by atoms with Crippen molar-refractivity contribution in [3.63, 3.8) is 0 Å². The minimum Gasteiger partial charge on any atom is -0.356 e. The molecule has 0 spiro atoms. The SMILES string of the molecule is CCS(=O)(=O)NCCNC(=NC)NCCC(C)c1cccc(C(F)(F)F)c1. The average molecular weight is 408 g/mol. The first-order valence-corrected chi connectivity index (χ1v) is 10.3. The van der Waals surface area contributed by atoms with Crippen molar-refractivity contribution in [1.82, 2.24) is 15.4 Å². The van der Waals surface area contributed by atoms with Crippen molar-refractivity contribution in [2.45, 2.75) is 32.4 Å². The Morgan fingerprint density at radius 2 is 1.85 bits per heavy atom. The molecule has 0 aliphatic carbocycles. The predicted molar refractivity (Wildman–Crippen MR) is 101 cm³/mol. The lowest BCUT2D eigenvalue weighted by Gasteiger charge is -2.16. The number of nitrogens with one attached hydrogen (secondary N) is 3. The van der Waals surface area contributed by atoms with Crippen LogP contribution in [0.2, 0.25) is 0 Å². The van der Waals surface area contributed by atoms with Gasteiger partial charge in [0.25, 0.3) is 0 Å². The molecule has 0 heterocycles. The summed E-state index contributed by atoms with van der Waals surface area (Å²) in [6.07, 6.45) is -3.73. The number of rotatable bonds is 9. The quantitative estimate of drug-likeness (QED) is 0.333. The number of halogens is 3. The molecule has 10 heteroatoms. The van der Waals surface area contributed by atoms with Gasteiger partial charge in [0.2, 0.25) is 10.0 Å². The van der Waals surface area contributed by atoms with Crippen LogP contribution < -0.4 is 15.4 Å². The first kappa shape index (κ1) is 23.2. The van der Waals surface area contributed by atoms with E-state index in [0.717, 1.165) is 6.07 Å². The van der Waals surface area contributed by atoms with Crippen LogP contribution in [0.1, 0.15) is 37.3 Å². The zero-order valence-electron chi connectivity index (χ0n) is 15.7. The normalized spacial score (nSPS) is 14.1. The second-order valence-electron chi connectivity index (χ2n) is 6.04. The third-order valence-corrected chi connectivity index (χ3v) is 5.40. The average Bonchev–Trinajstić information content (AvgIpc) is 2.63. The van der Waals surface area contributed by atoms with E-state index >= 15 is 0 Å². The highest BCUT2D eigenvalue weighted by atomic mass is 32.2. The molecular weight excluding hydrogens is 381 g/mol. The van der Waals surface area contributed by atoms with Crippen molar-refractivity contribution in [1.29, 1.82) is 0 Å². The predicted octanol–water partition coefficient (Wildman–Crippen LogP) is 2.30. The number of aliphatic imine (C=N–C) groups is 1. The van der Waals surface area contributed by atoms with Crippen molar-refractivity contribution < 1.29 is 21.6 Å². The smallest absolute Gasteiger partial charge is 0.356 e. The van der Waals surface area contributed by atoms with Gasteiger partial charge in [-0.05, 0) is 30.9 Å². The summed E-state index contributed by atoms with van der Waals surface area (Å²) in [5, 5.41) is 6.04. The topological polar surface area (TPSA) is 82.6 Å². The minimum atomic E-state index is -4.35. The Morgan fingerprint density at radius 1 is 1.19 bits per heavy atom. The fourth-order valence-corrected chi connectivity index (χ4v) is 2.92. The van der Waals surface area contributed by atoms with E-state index in [0.29, 0.717) is 31.0 Å². The Hall–Kier alpha value is -1.81. The first-order valence-electron chi connectivity index (χ1n) is 8.68. The lowest BCUT2D eigenvalue weighted by atomic mass is 9.96. The number of guanidine groups is 1. The zero-order valence-corrected chi connectivity index (χ0v) is 16.5. The fourth-order valence-electron chi connectivity index (χ4n) is 2.31. The van der Waals surface area contributed by atoms with Crippen molar-refractivity contribution in [3.8, 4) is 0 Å². The van der Waals surface area contributed by atoms with E-state index in [2.05, 4.69) is 20.3 Å². The molecule has 27 heavy (non-hydrogen) atoms. The van der Waals surface area contributed by atoms with Crippen molar-refractivity contribution >= 4 is 16.0 Å². The molecule has 1 rings (SSSR count). The van der Waals surface area contributed by atoms with Crippen LogP contribution in [-0.4, -0.2) is 46.8 Å². The highest BCUT2D eigenvalue weighted by Gasteiger charge is 2.30. The molecule has 0 saturated heterocycles. The third kappa shape index (κ3) is 8.61. The summed E-state index contributed by atoms with van der Waals surface area (Å²) >= 11 is 0. The van der Waals surface area contributed by atoms with E-state index in [1.54, 1.807) is 20.0 Å². The van der Waals surface area contributed by atoms with Crippen molar-refractivity contribution in [3.05, 3.63) is 35.4 Å². The fraction of sp³-hybridized carbons (Fsp3) is 0.588. The van der Waals surface area contributed by atoms with Gasteiger partial charge < -0.3 is 10.6 Å². The molecule has 154 valence electrons. The van der Waals surface area contributed by atoms with Crippen LogP contribution in [0.3, 0.4) is 0 Å². The Kier molecular flexibility index (Phi) is 9.04. The molecule has 6 nitrogen and oxygen atoms in total. The number of nitrogens with zero attached hydrogens (tertiary/aromatic N) is 1. The van der Waals surface area contributed by atoms with Gasteiger partial charge in [0.1, 0.15) is 0 Å². The summed E-state index contributed by atoms with van der Waals surface area (Å²) in [6, 6.07) is 5.34. The Bertz CT molecular complexity index is 721. The van der Waals surface area contributed by atoms with E-state index in [1.165, 1.54) is 12.1 Å². The molecule has 0 radical (unpaired) electrons. The molecule has 1 unspecified atom stereocenters. The lowest BCUT2D eigenvalue weighted by molar-refractivity contribution is -0.137. The Morgan fingerprint density at radius 3 is 2.44 bits per heavy atom.